The average Bonchev–Trinajstić information content (AvgIpc) is 3.17. The van der Waals surface area contributed by atoms with Crippen LogP contribution >= 0.6 is 0 Å². The van der Waals surface area contributed by atoms with Crippen molar-refractivity contribution in [2.45, 2.75) is 70.5 Å². The van der Waals surface area contributed by atoms with Gasteiger partial charge in [0.25, 0.3) is 0 Å². The summed E-state index contributed by atoms with van der Waals surface area (Å²) in [5, 5.41) is 6.66. The first-order chi connectivity index (χ1) is 13.6. The van der Waals surface area contributed by atoms with Crippen molar-refractivity contribution in [3.8, 4) is 0 Å². The van der Waals surface area contributed by atoms with Crippen molar-refractivity contribution in [1.29, 1.82) is 0 Å². The lowest BCUT2D eigenvalue weighted by Gasteiger charge is -2.33. The van der Waals surface area contributed by atoms with Crippen LogP contribution in [0.3, 0.4) is 0 Å². The maximum absolute atomic E-state index is 12.9. The van der Waals surface area contributed by atoms with Gasteiger partial charge in [-0.2, -0.15) is 0 Å². The fraction of sp³-hybridized carbons (Fsp3) is 0.652. The zero-order valence-electron chi connectivity index (χ0n) is 17.0. The normalized spacial score (nSPS) is 28.0. The van der Waals surface area contributed by atoms with E-state index < -0.39 is 0 Å². The van der Waals surface area contributed by atoms with E-state index in [0.29, 0.717) is 31.6 Å². The van der Waals surface area contributed by atoms with Gasteiger partial charge in [-0.15, -0.1) is 0 Å². The van der Waals surface area contributed by atoms with Crippen LogP contribution in [0.25, 0.3) is 0 Å². The number of likely N-dealkylation sites (tertiary alicyclic amines) is 1. The molecule has 3 fully saturated rings. The molecular weight excluding hydrogens is 350 g/mol. The molecule has 3 atom stereocenters. The molecule has 2 saturated heterocycles. The van der Waals surface area contributed by atoms with Gasteiger partial charge in [0.15, 0.2) is 0 Å². The molecule has 1 aliphatic carbocycles. The van der Waals surface area contributed by atoms with Crippen molar-refractivity contribution in [2.24, 2.45) is 11.8 Å². The zero-order chi connectivity index (χ0) is 19.5. The maximum atomic E-state index is 12.9. The minimum Gasteiger partial charge on any atom is -0.352 e. The summed E-state index contributed by atoms with van der Waals surface area (Å²) in [6.07, 6.45) is 7.63. The molecule has 3 aliphatic rings. The van der Waals surface area contributed by atoms with E-state index in [0.717, 1.165) is 24.8 Å². The van der Waals surface area contributed by atoms with Crippen LogP contribution < -0.4 is 10.6 Å². The summed E-state index contributed by atoms with van der Waals surface area (Å²) in [6.45, 7) is 4.05. The van der Waals surface area contributed by atoms with E-state index in [4.69, 9.17) is 0 Å². The Kier molecular flexibility index (Phi) is 6.00. The van der Waals surface area contributed by atoms with E-state index in [1.165, 1.54) is 31.2 Å². The fourth-order valence-corrected chi connectivity index (χ4v) is 5.13. The second kappa shape index (κ2) is 8.64. The van der Waals surface area contributed by atoms with Gasteiger partial charge < -0.3 is 15.5 Å². The molecule has 3 unspecified atom stereocenters. The number of carbonyl (C=O) groups is 2. The van der Waals surface area contributed by atoms with Crippen molar-refractivity contribution in [1.82, 2.24) is 15.5 Å². The number of rotatable bonds is 4. The summed E-state index contributed by atoms with van der Waals surface area (Å²) in [7, 11) is 0. The third kappa shape index (κ3) is 4.40. The van der Waals surface area contributed by atoms with E-state index >= 15 is 0 Å². The van der Waals surface area contributed by atoms with E-state index in [2.05, 4.69) is 41.8 Å². The fourth-order valence-electron chi connectivity index (χ4n) is 5.13. The van der Waals surface area contributed by atoms with Crippen LogP contribution in [0, 0.1) is 18.8 Å². The number of hydrogen-bond acceptors (Lipinski definition) is 3. The van der Waals surface area contributed by atoms with Gasteiger partial charge in [-0.3, -0.25) is 9.59 Å². The van der Waals surface area contributed by atoms with Gasteiger partial charge in [-0.25, -0.2) is 0 Å². The second-order valence-corrected chi connectivity index (χ2v) is 8.91. The highest BCUT2D eigenvalue weighted by molar-refractivity contribution is 5.83. The SMILES string of the molecule is Cc1ccc(CNC(=O)C2CCN(C(=O)C3CC4CCCCC4N3)CC2)cc1. The molecule has 2 amide bonds. The molecule has 0 radical (unpaired) electrons. The molecule has 152 valence electrons. The Morgan fingerprint density at radius 2 is 1.79 bits per heavy atom. The molecule has 2 aliphatic heterocycles. The smallest absolute Gasteiger partial charge is 0.239 e. The van der Waals surface area contributed by atoms with E-state index in [1.807, 2.05) is 4.90 Å². The van der Waals surface area contributed by atoms with Crippen LogP contribution in [-0.4, -0.2) is 41.9 Å². The first-order valence-electron chi connectivity index (χ1n) is 11.0. The zero-order valence-corrected chi connectivity index (χ0v) is 17.0. The molecule has 0 aromatic heterocycles. The van der Waals surface area contributed by atoms with E-state index in [-0.39, 0.29) is 23.8 Å². The van der Waals surface area contributed by atoms with Crippen LogP contribution in [0.1, 0.15) is 56.1 Å². The second-order valence-electron chi connectivity index (χ2n) is 8.91. The van der Waals surface area contributed by atoms with Crippen LogP contribution in [0.5, 0.6) is 0 Å². The molecule has 5 nitrogen and oxygen atoms in total. The molecule has 28 heavy (non-hydrogen) atoms. The predicted octanol–water partition coefficient (Wildman–Crippen LogP) is 2.77. The first kappa shape index (κ1) is 19.4. The number of carbonyl (C=O) groups excluding carboxylic acids is 2. The molecule has 2 N–H and O–H groups in total. The number of benzene rings is 1. The molecule has 0 spiro atoms. The highest BCUT2D eigenvalue weighted by Gasteiger charge is 2.40. The Labute approximate surface area is 168 Å². The number of aryl methyl sites for hydroxylation is 1. The Bertz CT molecular complexity index is 680. The molecule has 1 aromatic carbocycles. The van der Waals surface area contributed by atoms with Crippen molar-refractivity contribution in [3.05, 3.63) is 35.4 Å². The highest BCUT2D eigenvalue weighted by atomic mass is 16.2. The Morgan fingerprint density at radius 1 is 1.07 bits per heavy atom. The largest absolute Gasteiger partial charge is 0.352 e. The first-order valence-corrected chi connectivity index (χ1v) is 11.0. The monoisotopic (exact) mass is 383 g/mol. The molecule has 0 bridgehead atoms. The minimum absolute atomic E-state index is 0.0000128. The molecule has 1 aromatic rings. The predicted molar refractivity (Wildman–Crippen MR) is 110 cm³/mol. The van der Waals surface area contributed by atoms with Gasteiger partial charge >= 0.3 is 0 Å². The Balaban J connectivity index is 1.22. The Hall–Kier alpha value is -1.88. The summed E-state index contributed by atoms with van der Waals surface area (Å²) in [4.78, 5) is 27.4. The van der Waals surface area contributed by atoms with Crippen LogP contribution in [0.2, 0.25) is 0 Å². The summed E-state index contributed by atoms with van der Waals surface area (Å²) in [5.74, 6) is 1.09. The van der Waals surface area contributed by atoms with Crippen LogP contribution in [0.4, 0.5) is 0 Å². The average molecular weight is 384 g/mol. The van der Waals surface area contributed by atoms with Crippen molar-refractivity contribution >= 4 is 11.8 Å². The standard InChI is InChI=1S/C23H33N3O2/c1-16-6-8-17(9-7-16)15-24-22(27)18-10-12-26(13-11-18)23(28)21-14-19-4-2-3-5-20(19)25-21/h6-9,18-21,25H,2-5,10-15H2,1H3,(H,24,27). The molecular formula is C23H33N3O2. The lowest BCUT2D eigenvalue weighted by Crippen LogP contribution is -2.49. The topological polar surface area (TPSA) is 61.4 Å². The maximum Gasteiger partial charge on any atom is 0.239 e. The molecule has 4 rings (SSSR count). The number of nitrogens with one attached hydrogen (secondary N) is 2. The minimum atomic E-state index is 0.0000128. The lowest BCUT2D eigenvalue weighted by molar-refractivity contribution is -0.137. The summed E-state index contributed by atoms with van der Waals surface area (Å²) in [5.41, 5.74) is 2.35. The van der Waals surface area contributed by atoms with Crippen molar-refractivity contribution in [3.63, 3.8) is 0 Å². The number of piperidine rings is 1. The van der Waals surface area contributed by atoms with Gasteiger partial charge in [-0.1, -0.05) is 42.7 Å². The van der Waals surface area contributed by atoms with Gasteiger partial charge in [0.1, 0.15) is 0 Å². The summed E-state index contributed by atoms with van der Waals surface area (Å²) < 4.78 is 0. The summed E-state index contributed by atoms with van der Waals surface area (Å²) in [6, 6.07) is 8.80. The quantitative estimate of drug-likeness (QED) is 0.840. The van der Waals surface area contributed by atoms with Crippen molar-refractivity contribution < 1.29 is 9.59 Å². The number of fused-ring (bicyclic) bond motifs is 1. The Morgan fingerprint density at radius 3 is 2.50 bits per heavy atom. The molecule has 5 heteroatoms. The van der Waals surface area contributed by atoms with Gasteiger partial charge in [-0.05, 0) is 50.5 Å². The number of amides is 2. The third-order valence-corrected chi connectivity index (χ3v) is 6.93. The lowest BCUT2D eigenvalue weighted by atomic mass is 9.85. The van der Waals surface area contributed by atoms with E-state index in [1.54, 1.807) is 0 Å². The van der Waals surface area contributed by atoms with Gasteiger partial charge in [0.05, 0.1) is 6.04 Å². The van der Waals surface area contributed by atoms with Crippen LogP contribution in [0.15, 0.2) is 24.3 Å². The van der Waals surface area contributed by atoms with E-state index in [9.17, 15) is 9.59 Å². The number of hydrogen-bond donors (Lipinski definition) is 2. The summed E-state index contributed by atoms with van der Waals surface area (Å²) >= 11 is 0. The highest BCUT2D eigenvalue weighted by Crippen LogP contribution is 2.34. The van der Waals surface area contributed by atoms with Gasteiger partial charge in [0.2, 0.25) is 11.8 Å². The number of nitrogens with zero attached hydrogens (tertiary/aromatic N) is 1. The van der Waals surface area contributed by atoms with Crippen LogP contribution in [-0.2, 0) is 16.1 Å². The molecule has 1 saturated carbocycles. The van der Waals surface area contributed by atoms with Crippen molar-refractivity contribution in [2.75, 3.05) is 13.1 Å². The molecule has 2 heterocycles. The van der Waals surface area contributed by atoms with Gasteiger partial charge in [0, 0.05) is 31.6 Å². The third-order valence-electron chi connectivity index (χ3n) is 6.93.